The van der Waals surface area contributed by atoms with E-state index in [1.807, 2.05) is 30.3 Å². The third-order valence-corrected chi connectivity index (χ3v) is 7.29. The molecule has 0 saturated carbocycles. The molecule has 2 aliphatic heterocycles. The van der Waals surface area contributed by atoms with Crippen molar-refractivity contribution in [3.63, 3.8) is 0 Å². The molecule has 3 aromatic rings. The van der Waals surface area contributed by atoms with Crippen LogP contribution in [0.4, 0.5) is 0 Å². The van der Waals surface area contributed by atoms with Crippen LogP contribution in [-0.2, 0) is 12.8 Å². The van der Waals surface area contributed by atoms with Crippen molar-refractivity contribution in [1.29, 1.82) is 0 Å². The number of ether oxygens (including phenoxy) is 2. The second kappa shape index (κ2) is 11.2. The molecule has 2 aliphatic rings. The maximum Gasteiger partial charge on any atom is 0.254 e. The minimum Gasteiger partial charge on any atom is -0.454 e. The van der Waals surface area contributed by atoms with E-state index in [0.717, 1.165) is 73.4 Å². The Balaban J connectivity index is 1.22. The third-order valence-electron chi connectivity index (χ3n) is 7.29. The summed E-state index contributed by atoms with van der Waals surface area (Å²) in [6.07, 6.45) is 4.80. The van der Waals surface area contributed by atoms with Crippen molar-refractivity contribution in [1.82, 2.24) is 10.2 Å². The van der Waals surface area contributed by atoms with E-state index < -0.39 is 0 Å². The fourth-order valence-electron chi connectivity index (χ4n) is 5.62. The average Bonchev–Trinajstić information content (AvgIpc) is 3.36. The van der Waals surface area contributed by atoms with Crippen LogP contribution in [0.1, 0.15) is 51.9 Å². The summed E-state index contributed by atoms with van der Waals surface area (Å²) in [6, 6.07) is 23.4. The van der Waals surface area contributed by atoms with Crippen LogP contribution in [-0.4, -0.2) is 42.8 Å². The van der Waals surface area contributed by atoms with Crippen molar-refractivity contribution in [3.05, 3.63) is 94.5 Å². The van der Waals surface area contributed by atoms with Gasteiger partial charge in [0.2, 0.25) is 6.79 Å². The quantitative estimate of drug-likeness (QED) is 0.431. The van der Waals surface area contributed by atoms with Crippen molar-refractivity contribution < 1.29 is 14.3 Å². The van der Waals surface area contributed by atoms with E-state index in [9.17, 15) is 4.79 Å². The number of aryl methyl sites for hydroxylation is 3. The number of hydrogen-bond donors (Lipinski definition) is 1. The summed E-state index contributed by atoms with van der Waals surface area (Å²) in [5.74, 6) is 1.91. The summed E-state index contributed by atoms with van der Waals surface area (Å²) < 4.78 is 11.2. The van der Waals surface area contributed by atoms with Gasteiger partial charge in [0, 0.05) is 24.2 Å². The molecule has 36 heavy (non-hydrogen) atoms. The van der Waals surface area contributed by atoms with Gasteiger partial charge in [0.05, 0.1) is 0 Å². The van der Waals surface area contributed by atoms with Gasteiger partial charge in [0.1, 0.15) is 0 Å². The van der Waals surface area contributed by atoms with Gasteiger partial charge in [0.15, 0.2) is 11.5 Å². The molecular weight excluding hydrogens is 448 g/mol. The number of hydrogen-bond acceptors (Lipinski definition) is 4. The van der Waals surface area contributed by atoms with Gasteiger partial charge in [-0.25, -0.2) is 0 Å². The lowest BCUT2D eigenvalue weighted by molar-refractivity contribution is 0.0577. The normalized spacial score (nSPS) is 18.9. The number of nitrogens with zero attached hydrogens (tertiary/aromatic N) is 1. The second-order valence-corrected chi connectivity index (χ2v) is 10.1. The maximum absolute atomic E-state index is 13.6. The topological polar surface area (TPSA) is 50.8 Å². The van der Waals surface area contributed by atoms with E-state index in [4.69, 9.17) is 9.47 Å². The fraction of sp³-hybridized carbons (Fsp3) is 0.387. The van der Waals surface area contributed by atoms with Crippen LogP contribution in [0.5, 0.6) is 11.5 Å². The van der Waals surface area contributed by atoms with Gasteiger partial charge in [-0.15, -0.1) is 0 Å². The highest BCUT2D eigenvalue weighted by Crippen LogP contribution is 2.35. The summed E-state index contributed by atoms with van der Waals surface area (Å²) >= 11 is 0. The predicted molar refractivity (Wildman–Crippen MR) is 143 cm³/mol. The van der Waals surface area contributed by atoms with E-state index in [-0.39, 0.29) is 11.9 Å². The molecule has 2 heterocycles. The van der Waals surface area contributed by atoms with Crippen LogP contribution >= 0.6 is 0 Å². The van der Waals surface area contributed by atoms with E-state index >= 15 is 0 Å². The fourth-order valence-corrected chi connectivity index (χ4v) is 5.62. The smallest absolute Gasteiger partial charge is 0.254 e. The number of likely N-dealkylation sites (tertiary alicyclic amines) is 1. The third kappa shape index (κ3) is 5.73. The zero-order valence-electron chi connectivity index (χ0n) is 21.3. The largest absolute Gasteiger partial charge is 0.454 e. The molecule has 1 fully saturated rings. The number of benzene rings is 3. The first-order valence-electron chi connectivity index (χ1n) is 13.1. The Morgan fingerprint density at radius 2 is 1.81 bits per heavy atom. The standard InChI is InChI=1S/C31H36N2O3/c1-22-16-23(2)18-26(17-22)31(34)33-15-13-27(20-28(33)19-24-8-4-3-5-9-24)32-14-7-11-25-10-6-12-29-30(25)36-21-35-29/h3-6,8-10,12,16-18,27-28,32H,7,11,13-15,19-21H2,1-2H3/t27-,28+/m0/s1. The lowest BCUT2D eigenvalue weighted by Gasteiger charge is -2.40. The maximum atomic E-state index is 13.6. The number of amides is 1. The molecule has 1 N–H and O–H groups in total. The highest BCUT2D eigenvalue weighted by Gasteiger charge is 2.32. The van der Waals surface area contributed by atoms with E-state index in [2.05, 4.69) is 60.5 Å². The summed E-state index contributed by atoms with van der Waals surface area (Å²) in [5.41, 5.74) is 5.56. The van der Waals surface area contributed by atoms with Gasteiger partial charge in [-0.3, -0.25) is 4.79 Å². The molecule has 5 nitrogen and oxygen atoms in total. The molecule has 0 aromatic heterocycles. The number of piperidine rings is 1. The molecule has 1 saturated heterocycles. The molecular formula is C31H36N2O3. The van der Waals surface area contributed by atoms with Crippen molar-refractivity contribution in [2.75, 3.05) is 19.9 Å². The number of nitrogens with one attached hydrogen (secondary N) is 1. The zero-order valence-corrected chi connectivity index (χ0v) is 21.3. The first-order chi connectivity index (χ1) is 17.6. The number of rotatable bonds is 8. The summed E-state index contributed by atoms with van der Waals surface area (Å²) in [6.45, 7) is 6.15. The minimum atomic E-state index is 0.154. The Bertz CT molecular complexity index is 1170. The SMILES string of the molecule is Cc1cc(C)cc(C(=O)N2CC[C@H](NCCCc3cccc4c3OCO4)C[C@H]2Cc2ccccc2)c1. The van der Waals surface area contributed by atoms with Crippen LogP contribution in [0.2, 0.25) is 0 Å². The molecule has 0 spiro atoms. The van der Waals surface area contributed by atoms with Crippen molar-refractivity contribution >= 4 is 5.91 Å². The van der Waals surface area contributed by atoms with Crippen LogP contribution in [0, 0.1) is 13.8 Å². The molecule has 188 valence electrons. The number of carbonyl (C=O) groups excluding carboxylic acids is 1. The first-order valence-corrected chi connectivity index (χ1v) is 13.1. The van der Waals surface area contributed by atoms with Gasteiger partial charge in [-0.1, -0.05) is 59.7 Å². The molecule has 3 aromatic carbocycles. The van der Waals surface area contributed by atoms with E-state index in [1.165, 1.54) is 11.1 Å². The number of para-hydroxylation sites is 1. The van der Waals surface area contributed by atoms with Gasteiger partial charge < -0.3 is 19.7 Å². The highest BCUT2D eigenvalue weighted by molar-refractivity contribution is 5.95. The Labute approximate surface area is 214 Å². The van der Waals surface area contributed by atoms with E-state index in [1.54, 1.807) is 0 Å². The Kier molecular flexibility index (Phi) is 7.57. The Morgan fingerprint density at radius 1 is 1.00 bits per heavy atom. The van der Waals surface area contributed by atoms with Gasteiger partial charge in [-0.2, -0.15) is 0 Å². The molecule has 5 heteroatoms. The van der Waals surface area contributed by atoms with Crippen molar-refractivity contribution in [3.8, 4) is 11.5 Å². The molecule has 0 radical (unpaired) electrons. The van der Waals surface area contributed by atoms with Crippen LogP contribution in [0.25, 0.3) is 0 Å². The zero-order chi connectivity index (χ0) is 24.9. The van der Waals surface area contributed by atoms with Crippen LogP contribution in [0.15, 0.2) is 66.7 Å². The summed E-state index contributed by atoms with van der Waals surface area (Å²) in [7, 11) is 0. The predicted octanol–water partition coefficient (Wildman–Crippen LogP) is 5.47. The number of fused-ring (bicyclic) bond motifs is 1. The van der Waals surface area contributed by atoms with Gasteiger partial charge in [0.25, 0.3) is 5.91 Å². The first kappa shape index (κ1) is 24.4. The average molecular weight is 485 g/mol. The summed E-state index contributed by atoms with van der Waals surface area (Å²) in [5, 5.41) is 3.78. The number of carbonyl (C=O) groups is 1. The molecule has 5 rings (SSSR count). The molecule has 0 bridgehead atoms. The molecule has 2 atom stereocenters. The molecule has 0 unspecified atom stereocenters. The Hall–Kier alpha value is -3.31. The van der Waals surface area contributed by atoms with Crippen LogP contribution < -0.4 is 14.8 Å². The second-order valence-electron chi connectivity index (χ2n) is 10.1. The monoisotopic (exact) mass is 484 g/mol. The summed E-state index contributed by atoms with van der Waals surface area (Å²) in [4.78, 5) is 15.7. The van der Waals surface area contributed by atoms with Crippen molar-refractivity contribution in [2.24, 2.45) is 0 Å². The van der Waals surface area contributed by atoms with Crippen LogP contribution in [0.3, 0.4) is 0 Å². The van der Waals surface area contributed by atoms with Crippen molar-refractivity contribution in [2.45, 2.75) is 58.0 Å². The minimum absolute atomic E-state index is 0.154. The Morgan fingerprint density at radius 3 is 2.61 bits per heavy atom. The molecule has 0 aliphatic carbocycles. The van der Waals surface area contributed by atoms with E-state index in [0.29, 0.717) is 12.8 Å². The lowest BCUT2D eigenvalue weighted by atomic mass is 9.91. The van der Waals surface area contributed by atoms with Gasteiger partial charge in [-0.05, 0) is 81.8 Å². The molecule has 1 amide bonds. The lowest BCUT2D eigenvalue weighted by Crippen LogP contribution is -2.52. The van der Waals surface area contributed by atoms with Gasteiger partial charge >= 0.3 is 0 Å². The highest BCUT2D eigenvalue weighted by atomic mass is 16.7.